The summed E-state index contributed by atoms with van der Waals surface area (Å²) in [5, 5.41) is 3.90. The summed E-state index contributed by atoms with van der Waals surface area (Å²) in [7, 11) is 0. The Morgan fingerprint density at radius 2 is 1.58 bits per heavy atom. The van der Waals surface area contributed by atoms with Gasteiger partial charge in [-0.05, 0) is 48.6 Å². The molecule has 1 aliphatic carbocycles. The molecular formula is C31H35ClN2O2. The molecule has 0 aromatic heterocycles. The number of rotatable bonds is 9. The summed E-state index contributed by atoms with van der Waals surface area (Å²) in [5.41, 5.74) is 4.02. The minimum absolute atomic E-state index is 0.0708. The molecule has 0 spiro atoms. The average Bonchev–Trinajstić information content (AvgIpc) is 2.88. The molecule has 3 aromatic carbocycles. The number of carbonyl (C=O) groups is 2. The molecule has 1 atom stereocenters. The average molecular weight is 503 g/mol. The fraction of sp³-hybridized carbons (Fsp3) is 0.355. The molecular weight excluding hydrogens is 468 g/mol. The zero-order chi connectivity index (χ0) is 25.3. The van der Waals surface area contributed by atoms with E-state index in [2.05, 4.69) is 5.32 Å². The third-order valence-electron chi connectivity index (χ3n) is 6.94. The second-order valence-electron chi connectivity index (χ2n) is 9.86. The Balaban J connectivity index is 1.65. The monoisotopic (exact) mass is 502 g/mol. The molecule has 5 heteroatoms. The molecule has 1 fully saturated rings. The van der Waals surface area contributed by atoms with E-state index in [0.717, 1.165) is 47.9 Å². The van der Waals surface area contributed by atoms with E-state index in [-0.39, 0.29) is 24.3 Å². The zero-order valence-corrected chi connectivity index (χ0v) is 21.7. The standard InChI is InChI=1S/C31H35ClN2O2/c1-23-15-17-25(18-16-23)21-30(35)34(22-26-11-8-12-27(32)19-26)29(20-24-9-4-2-5-10-24)31(36)33-28-13-6-3-7-14-28/h2,4-5,8-12,15-19,28-29H,3,6-7,13-14,20-22H2,1H3,(H,33,36)/t29-/m0/s1. The van der Waals surface area contributed by atoms with E-state index in [9.17, 15) is 9.59 Å². The normalized spacial score (nSPS) is 14.7. The quantitative estimate of drug-likeness (QED) is 0.374. The highest BCUT2D eigenvalue weighted by Gasteiger charge is 2.32. The highest BCUT2D eigenvalue weighted by Crippen LogP contribution is 2.21. The number of hydrogen-bond acceptors (Lipinski definition) is 2. The minimum atomic E-state index is -0.619. The van der Waals surface area contributed by atoms with Gasteiger partial charge in [0.25, 0.3) is 0 Å². The molecule has 36 heavy (non-hydrogen) atoms. The topological polar surface area (TPSA) is 49.4 Å². The molecule has 3 aromatic rings. The van der Waals surface area contributed by atoms with E-state index in [0.29, 0.717) is 18.0 Å². The lowest BCUT2D eigenvalue weighted by molar-refractivity contribution is -0.141. The summed E-state index contributed by atoms with van der Waals surface area (Å²) >= 11 is 6.27. The van der Waals surface area contributed by atoms with Crippen molar-refractivity contribution in [3.63, 3.8) is 0 Å². The van der Waals surface area contributed by atoms with Gasteiger partial charge in [0.1, 0.15) is 6.04 Å². The molecule has 188 valence electrons. The predicted molar refractivity (Wildman–Crippen MR) is 146 cm³/mol. The number of aryl methyl sites for hydroxylation is 1. The van der Waals surface area contributed by atoms with Gasteiger partial charge in [0, 0.05) is 24.0 Å². The molecule has 4 rings (SSSR count). The first-order chi connectivity index (χ1) is 17.5. The maximum atomic E-state index is 13.8. The van der Waals surface area contributed by atoms with E-state index in [1.807, 2.05) is 85.8 Å². The minimum Gasteiger partial charge on any atom is -0.352 e. The van der Waals surface area contributed by atoms with Crippen LogP contribution in [0.15, 0.2) is 78.9 Å². The van der Waals surface area contributed by atoms with E-state index >= 15 is 0 Å². The molecule has 0 aliphatic heterocycles. The third kappa shape index (κ3) is 7.44. The molecule has 2 amide bonds. The van der Waals surface area contributed by atoms with Crippen molar-refractivity contribution in [1.82, 2.24) is 10.2 Å². The summed E-state index contributed by atoms with van der Waals surface area (Å²) in [4.78, 5) is 29.4. The Hall–Kier alpha value is -3.11. The molecule has 1 saturated carbocycles. The molecule has 1 N–H and O–H groups in total. The summed E-state index contributed by atoms with van der Waals surface area (Å²) in [6.07, 6.45) is 6.17. The largest absolute Gasteiger partial charge is 0.352 e. The van der Waals surface area contributed by atoms with Crippen LogP contribution in [0.4, 0.5) is 0 Å². The lowest BCUT2D eigenvalue weighted by Crippen LogP contribution is -2.53. The first-order valence-corrected chi connectivity index (χ1v) is 13.3. The number of halogens is 1. The van der Waals surface area contributed by atoms with Crippen LogP contribution < -0.4 is 5.32 Å². The van der Waals surface area contributed by atoms with Crippen LogP contribution in [0.3, 0.4) is 0 Å². The van der Waals surface area contributed by atoms with Gasteiger partial charge in [-0.3, -0.25) is 9.59 Å². The Morgan fingerprint density at radius 1 is 0.889 bits per heavy atom. The number of nitrogens with one attached hydrogen (secondary N) is 1. The van der Waals surface area contributed by atoms with Gasteiger partial charge in [-0.1, -0.05) is 103 Å². The maximum Gasteiger partial charge on any atom is 0.243 e. The van der Waals surface area contributed by atoms with Crippen molar-refractivity contribution < 1.29 is 9.59 Å². The Kier molecular flexibility index (Phi) is 9.18. The lowest BCUT2D eigenvalue weighted by atomic mass is 9.94. The molecule has 0 saturated heterocycles. The van der Waals surface area contributed by atoms with Crippen LogP contribution in [-0.4, -0.2) is 28.8 Å². The van der Waals surface area contributed by atoms with Gasteiger partial charge in [-0.25, -0.2) is 0 Å². The predicted octanol–water partition coefficient (Wildman–Crippen LogP) is 6.28. The second-order valence-corrected chi connectivity index (χ2v) is 10.3. The third-order valence-corrected chi connectivity index (χ3v) is 7.18. The molecule has 4 nitrogen and oxygen atoms in total. The van der Waals surface area contributed by atoms with Gasteiger partial charge in [0.2, 0.25) is 11.8 Å². The van der Waals surface area contributed by atoms with Crippen LogP contribution >= 0.6 is 11.6 Å². The van der Waals surface area contributed by atoms with Gasteiger partial charge >= 0.3 is 0 Å². The highest BCUT2D eigenvalue weighted by molar-refractivity contribution is 6.30. The van der Waals surface area contributed by atoms with Crippen LogP contribution in [0.25, 0.3) is 0 Å². The van der Waals surface area contributed by atoms with Gasteiger partial charge in [0.05, 0.1) is 6.42 Å². The van der Waals surface area contributed by atoms with Gasteiger partial charge < -0.3 is 10.2 Å². The maximum absolute atomic E-state index is 13.8. The zero-order valence-electron chi connectivity index (χ0n) is 21.0. The molecule has 1 aliphatic rings. The van der Waals surface area contributed by atoms with Gasteiger partial charge in [-0.15, -0.1) is 0 Å². The van der Waals surface area contributed by atoms with Gasteiger partial charge in [-0.2, -0.15) is 0 Å². The lowest BCUT2D eigenvalue weighted by Gasteiger charge is -2.33. The molecule has 0 radical (unpaired) electrons. The van der Waals surface area contributed by atoms with Crippen molar-refractivity contribution in [3.8, 4) is 0 Å². The first-order valence-electron chi connectivity index (χ1n) is 12.9. The Bertz CT molecular complexity index is 1140. The molecule has 0 unspecified atom stereocenters. The highest BCUT2D eigenvalue weighted by atomic mass is 35.5. The summed E-state index contributed by atoms with van der Waals surface area (Å²) in [6, 6.07) is 25.0. The molecule has 0 bridgehead atoms. The van der Waals surface area contributed by atoms with E-state index in [4.69, 9.17) is 11.6 Å². The SMILES string of the molecule is Cc1ccc(CC(=O)N(Cc2cccc(Cl)c2)[C@@H](Cc2ccccc2)C(=O)NC2CCCCC2)cc1. The fourth-order valence-corrected chi connectivity index (χ4v) is 5.13. The smallest absolute Gasteiger partial charge is 0.243 e. The fourth-order valence-electron chi connectivity index (χ4n) is 4.91. The first kappa shape index (κ1) is 26.0. The van der Waals surface area contributed by atoms with E-state index < -0.39 is 6.04 Å². The Morgan fingerprint density at radius 3 is 2.28 bits per heavy atom. The van der Waals surface area contributed by atoms with Crippen molar-refractivity contribution >= 4 is 23.4 Å². The van der Waals surface area contributed by atoms with Crippen LogP contribution in [-0.2, 0) is 29.0 Å². The number of amides is 2. The second kappa shape index (κ2) is 12.7. The van der Waals surface area contributed by atoms with Crippen molar-refractivity contribution in [3.05, 3.63) is 106 Å². The van der Waals surface area contributed by atoms with Crippen molar-refractivity contribution in [2.45, 2.75) is 70.5 Å². The summed E-state index contributed by atoms with van der Waals surface area (Å²) in [5.74, 6) is -0.149. The van der Waals surface area contributed by atoms with Crippen molar-refractivity contribution in [2.24, 2.45) is 0 Å². The van der Waals surface area contributed by atoms with Crippen molar-refractivity contribution in [2.75, 3.05) is 0 Å². The number of nitrogens with zero attached hydrogens (tertiary/aromatic N) is 1. The van der Waals surface area contributed by atoms with Gasteiger partial charge in [0.15, 0.2) is 0 Å². The molecule has 0 heterocycles. The summed E-state index contributed by atoms with van der Waals surface area (Å²) in [6.45, 7) is 2.35. The van der Waals surface area contributed by atoms with Crippen LogP contribution in [0.1, 0.15) is 54.4 Å². The number of carbonyl (C=O) groups excluding carboxylic acids is 2. The van der Waals surface area contributed by atoms with E-state index in [1.165, 1.54) is 6.42 Å². The van der Waals surface area contributed by atoms with E-state index in [1.54, 1.807) is 4.90 Å². The number of benzene rings is 3. The van der Waals surface area contributed by atoms with Crippen LogP contribution in [0, 0.1) is 6.92 Å². The summed E-state index contributed by atoms with van der Waals surface area (Å²) < 4.78 is 0. The Labute approximate surface area is 219 Å². The van der Waals surface area contributed by atoms with Crippen molar-refractivity contribution in [1.29, 1.82) is 0 Å². The van der Waals surface area contributed by atoms with Crippen LogP contribution in [0.5, 0.6) is 0 Å². The van der Waals surface area contributed by atoms with Crippen LogP contribution in [0.2, 0.25) is 5.02 Å². The number of hydrogen-bond donors (Lipinski definition) is 1.